The molecule has 2 aromatic rings. The van der Waals surface area contributed by atoms with E-state index in [1.807, 2.05) is 0 Å². The van der Waals surface area contributed by atoms with E-state index < -0.39 is 23.8 Å². The summed E-state index contributed by atoms with van der Waals surface area (Å²) in [4.78, 5) is 15.8. The summed E-state index contributed by atoms with van der Waals surface area (Å²) in [5, 5.41) is 0. The maximum atomic E-state index is 12.6. The van der Waals surface area contributed by atoms with Gasteiger partial charge in [-0.3, -0.25) is 0 Å². The molecular weight excluding hydrogens is 387 g/mol. The molecule has 1 saturated carbocycles. The van der Waals surface area contributed by atoms with Crippen molar-refractivity contribution in [2.75, 3.05) is 0 Å². The largest absolute Gasteiger partial charge is 0.479 e. The Morgan fingerprint density at radius 3 is 2.28 bits per heavy atom. The van der Waals surface area contributed by atoms with E-state index in [0.29, 0.717) is 17.7 Å². The summed E-state index contributed by atoms with van der Waals surface area (Å²) in [5.41, 5.74) is -0.845. The molecule has 0 saturated heterocycles. The highest BCUT2D eigenvalue weighted by molar-refractivity contribution is 5.74. The Hall–Kier alpha value is -2.77. The number of benzene rings is 1. The normalized spacial score (nSPS) is 16.1. The smallest absolute Gasteiger partial charge is 0.417 e. The number of ether oxygens (including phenoxy) is 3. The van der Waals surface area contributed by atoms with Crippen LogP contribution in [0.2, 0.25) is 0 Å². The van der Waals surface area contributed by atoms with Crippen LogP contribution in [0.25, 0.3) is 0 Å². The second-order valence-electron chi connectivity index (χ2n) is 6.91. The van der Waals surface area contributed by atoms with Gasteiger partial charge >= 0.3 is 12.1 Å². The van der Waals surface area contributed by atoms with Crippen LogP contribution in [0.5, 0.6) is 17.4 Å². The Morgan fingerprint density at radius 1 is 1.03 bits per heavy atom. The molecule has 1 fully saturated rings. The molecular formula is C21H22F3NO4. The van der Waals surface area contributed by atoms with Crippen molar-refractivity contribution in [1.82, 2.24) is 4.98 Å². The van der Waals surface area contributed by atoms with E-state index >= 15 is 0 Å². The predicted octanol–water partition coefficient (Wildman–Crippen LogP) is 5.54. The van der Waals surface area contributed by atoms with Crippen LogP contribution in [0, 0.1) is 0 Å². The first-order valence-electron chi connectivity index (χ1n) is 9.49. The van der Waals surface area contributed by atoms with E-state index in [1.165, 1.54) is 6.42 Å². The fourth-order valence-electron chi connectivity index (χ4n) is 3.01. The molecule has 29 heavy (non-hydrogen) atoms. The average Bonchev–Trinajstić information content (AvgIpc) is 2.70. The van der Waals surface area contributed by atoms with Crippen LogP contribution in [-0.2, 0) is 15.7 Å². The van der Waals surface area contributed by atoms with Crippen molar-refractivity contribution in [2.45, 2.75) is 57.4 Å². The Bertz CT molecular complexity index is 800. The Balaban J connectivity index is 1.52. The molecule has 1 atom stereocenters. The van der Waals surface area contributed by atoms with Gasteiger partial charge in [0.15, 0.2) is 6.10 Å². The van der Waals surface area contributed by atoms with Gasteiger partial charge in [0.2, 0.25) is 5.88 Å². The van der Waals surface area contributed by atoms with Crippen LogP contribution in [-0.4, -0.2) is 23.2 Å². The second kappa shape index (κ2) is 9.15. The number of carbonyl (C=O) groups is 1. The monoisotopic (exact) mass is 409 g/mol. The van der Waals surface area contributed by atoms with Crippen LogP contribution < -0.4 is 9.47 Å². The number of hydrogen-bond acceptors (Lipinski definition) is 5. The lowest BCUT2D eigenvalue weighted by molar-refractivity contribution is -0.158. The Morgan fingerprint density at radius 2 is 1.69 bits per heavy atom. The summed E-state index contributed by atoms with van der Waals surface area (Å²) in [5.74, 6) is 0.468. The molecule has 0 aliphatic heterocycles. The summed E-state index contributed by atoms with van der Waals surface area (Å²) in [6, 6.07) is 8.41. The molecule has 0 amide bonds. The lowest BCUT2D eigenvalue weighted by Crippen LogP contribution is -2.31. The molecule has 3 rings (SSSR count). The number of alkyl halides is 3. The van der Waals surface area contributed by atoms with Crippen LogP contribution in [0.15, 0.2) is 42.6 Å². The zero-order valence-corrected chi connectivity index (χ0v) is 15.9. The van der Waals surface area contributed by atoms with Crippen molar-refractivity contribution in [1.29, 1.82) is 0 Å². The van der Waals surface area contributed by atoms with Crippen LogP contribution in [0.4, 0.5) is 13.2 Å². The molecule has 1 aliphatic carbocycles. The topological polar surface area (TPSA) is 57.7 Å². The third-order valence-corrected chi connectivity index (χ3v) is 4.59. The van der Waals surface area contributed by atoms with E-state index in [2.05, 4.69) is 4.98 Å². The van der Waals surface area contributed by atoms with Gasteiger partial charge in [-0.15, -0.1) is 0 Å². The summed E-state index contributed by atoms with van der Waals surface area (Å²) in [6.45, 7) is 1.63. The quantitative estimate of drug-likeness (QED) is 0.587. The molecule has 1 unspecified atom stereocenters. The zero-order chi connectivity index (χ0) is 20.9. The summed E-state index contributed by atoms with van der Waals surface area (Å²) >= 11 is 0. The van der Waals surface area contributed by atoms with Gasteiger partial charge < -0.3 is 14.2 Å². The van der Waals surface area contributed by atoms with Gasteiger partial charge in [-0.25, -0.2) is 9.78 Å². The number of pyridine rings is 1. The zero-order valence-electron chi connectivity index (χ0n) is 15.9. The number of esters is 1. The summed E-state index contributed by atoms with van der Waals surface area (Å²) < 4.78 is 54.2. The van der Waals surface area contributed by atoms with Gasteiger partial charge in [-0.05, 0) is 62.9 Å². The fraction of sp³-hybridized carbons (Fsp3) is 0.429. The first kappa shape index (κ1) is 21.0. The third-order valence-electron chi connectivity index (χ3n) is 4.59. The highest BCUT2D eigenvalue weighted by atomic mass is 19.4. The van der Waals surface area contributed by atoms with E-state index in [1.54, 1.807) is 31.2 Å². The second-order valence-corrected chi connectivity index (χ2v) is 6.91. The molecule has 8 heteroatoms. The molecule has 1 aliphatic rings. The molecule has 0 spiro atoms. The van der Waals surface area contributed by atoms with Gasteiger partial charge in [0, 0.05) is 12.3 Å². The van der Waals surface area contributed by atoms with E-state index in [9.17, 15) is 18.0 Å². The van der Waals surface area contributed by atoms with E-state index in [-0.39, 0.29) is 12.0 Å². The first-order chi connectivity index (χ1) is 13.8. The molecule has 1 aromatic carbocycles. The lowest BCUT2D eigenvalue weighted by atomic mass is 9.98. The number of carbonyl (C=O) groups excluding carboxylic acids is 1. The molecule has 0 radical (unpaired) electrons. The van der Waals surface area contributed by atoms with Crippen LogP contribution >= 0.6 is 0 Å². The summed E-state index contributed by atoms with van der Waals surface area (Å²) in [7, 11) is 0. The van der Waals surface area contributed by atoms with Gasteiger partial charge in [-0.2, -0.15) is 13.2 Å². The molecule has 1 aromatic heterocycles. The maximum Gasteiger partial charge on any atom is 0.417 e. The number of rotatable bonds is 6. The van der Waals surface area contributed by atoms with E-state index in [4.69, 9.17) is 14.2 Å². The van der Waals surface area contributed by atoms with Crippen molar-refractivity contribution >= 4 is 5.97 Å². The van der Waals surface area contributed by atoms with Crippen molar-refractivity contribution in [3.8, 4) is 17.4 Å². The number of aromatic nitrogens is 1. The molecule has 156 valence electrons. The van der Waals surface area contributed by atoms with E-state index in [0.717, 1.165) is 37.8 Å². The molecule has 5 nitrogen and oxygen atoms in total. The Kier molecular flexibility index (Phi) is 6.61. The van der Waals surface area contributed by atoms with Crippen molar-refractivity contribution < 1.29 is 32.2 Å². The fourth-order valence-corrected chi connectivity index (χ4v) is 3.01. The van der Waals surface area contributed by atoms with Crippen molar-refractivity contribution in [3.63, 3.8) is 0 Å². The standard InChI is InChI=1S/C21H22F3NO4/c1-14(20(26)29-16-5-3-2-4-6-16)27-17-8-10-18(11-9-17)28-19-12-7-15(13-25-19)21(22,23)24/h7-14,16H,2-6H2,1H3. The number of hydrogen-bond donors (Lipinski definition) is 0. The number of nitrogens with zero attached hydrogens (tertiary/aromatic N) is 1. The molecule has 1 heterocycles. The van der Waals surface area contributed by atoms with Gasteiger partial charge in [0.05, 0.1) is 5.56 Å². The minimum absolute atomic E-state index is 0.0330. The highest BCUT2D eigenvalue weighted by Crippen LogP contribution is 2.30. The number of halogens is 3. The lowest BCUT2D eigenvalue weighted by Gasteiger charge is -2.23. The Labute approximate surface area is 166 Å². The minimum atomic E-state index is -4.45. The highest BCUT2D eigenvalue weighted by Gasteiger charge is 2.30. The average molecular weight is 409 g/mol. The first-order valence-corrected chi connectivity index (χ1v) is 9.49. The SMILES string of the molecule is CC(Oc1ccc(Oc2ccc(C(F)(F)F)cn2)cc1)C(=O)OC1CCCCC1. The molecule has 0 bridgehead atoms. The third kappa shape index (κ3) is 6.10. The maximum absolute atomic E-state index is 12.6. The van der Waals surface area contributed by atoms with Gasteiger partial charge in [0.25, 0.3) is 0 Å². The minimum Gasteiger partial charge on any atom is -0.479 e. The van der Waals surface area contributed by atoms with Crippen LogP contribution in [0.1, 0.15) is 44.6 Å². The van der Waals surface area contributed by atoms with Gasteiger partial charge in [0.1, 0.15) is 17.6 Å². The predicted molar refractivity (Wildman–Crippen MR) is 98.8 cm³/mol. The van der Waals surface area contributed by atoms with Crippen molar-refractivity contribution in [2.24, 2.45) is 0 Å². The molecule has 0 N–H and O–H groups in total. The van der Waals surface area contributed by atoms with Crippen molar-refractivity contribution in [3.05, 3.63) is 48.2 Å². The van der Waals surface area contributed by atoms with Gasteiger partial charge in [-0.1, -0.05) is 6.42 Å². The van der Waals surface area contributed by atoms with Crippen LogP contribution in [0.3, 0.4) is 0 Å². The summed E-state index contributed by atoms with van der Waals surface area (Å²) in [6.07, 6.45) is 0.590.